The zero-order chi connectivity index (χ0) is 7.56. The summed E-state index contributed by atoms with van der Waals surface area (Å²) in [6, 6.07) is 4.66. The molecule has 1 aromatic rings. The highest BCUT2D eigenvalue weighted by atomic mass is 19.1. The fraction of sp³-hybridized carbons (Fsp3) is 0.125. The molecule has 0 aliphatic carbocycles. The van der Waals surface area contributed by atoms with Crippen LogP contribution in [-0.4, -0.2) is 4.98 Å². The first kappa shape index (κ1) is 6.93. The molecule has 0 bridgehead atoms. The molecule has 2 heteroatoms. The lowest BCUT2D eigenvalue weighted by molar-refractivity contribution is 0.582. The summed E-state index contributed by atoms with van der Waals surface area (Å²) in [5.41, 5.74) is 1.39. The second-order valence-electron chi connectivity index (χ2n) is 2.13. The molecule has 1 heterocycles. The number of halogens is 1. The van der Waals surface area contributed by atoms with Crippen molar-refractivity contribution < 1.29 is 4.39 Å². The van der Waals surface area contributed by atoms with Crippen LogP contribution >= 0.6 is 0 Å². The van der Waals surface area contributed by atoms with E-state index >= 15 is 0 Å². The lowest BCUT2D eigenvalue weighted by atomic mass is 10.2. The molecular weight excluding hydrogens is 129 g/mol. The standard InChI is InChI=1S/C8H8FN/c1-6(2)7-4-3-5-8(9)10-7/h3-5H,1H2,2H3. The molecule has 0 unspecified atom stereocenters. The van der Waals surface area contributed by atoms with E-state index in [2.05, 4.69) is 11.6 Å². The highest BCUT2D eigenvalue weighted by Gasteiger charge is 1.94. The molecule has 0 saturated heterocycles. The zero-order valence-electron chi connectivity index (χ0n) is 5.76. The quantitative estimate of drug-likeness (QED) is 0.541. The molecule has 0 atom stereocenters. The van der Waals surface area contributed by atoms with E-state index in [1.165, 1.54) is 6.07 Å². The Bertz CT molecular complexity index is 255. The number of allylic oxidation sites excluding steroid dienone is 1. The lowest BCUT2D eigenvalue weighted by Gasteiger charge is -1.95. The Kier molecular flexibility index (Phi) is 1.81. The Labute approximate surface area is 59.2 Å². The Morgan fingerprint density at radius 1 is 1.60 bits per heavy atom. The third-order valence-electron chi connectivity index (χ3n) is 1.15. The van der Waals surface area contributed by atoms with Crippen LogP contribution in [0, 0.1) is 5.95 Å². The van der Waals surface area contributed by atoms with Crippen molar-refractivity contribution in [3.8, 4) is 0 Å². The predicted molar refractivity (Wildman–Crippen MR) is 38.9 cm³/mol. The Morgan fingerprint density at radius 2 is 2.30 bits per heavy atom. The molecule has 0 spiro atoms. The first-order chi connectivity index (χ1) is 4.70. The van der Waals surface area contributed by atoms with Gasteiger partial charge in [0, 0.05) is 0 Å². The number of aromatic nitrogens is 1. The molecule has 52 valence electrons. The van der Waals surface area contributed by atoms with Crippen LogP contribution in [0.1, 0.15) is 12.6 Å². The van der Waals surface area contributed by atoms with Gasteiger partial charge in [-0.1, -0.05) is 12.6 Å². The van der Waals surface area contributed by atoms with Crippen LogP contribution in [0.5, 0.6) is 0 Å². The van der Waals surface area contributed by atoms with E-state index in [4.69, 9.17) is 0 Å². The second-order valence-corrected chi connectivity index (χ2v) is 2.13. The van der Waals surface area contributed by atoms with Gasteiger partial charge in [0.2, 0.25) is 5.95 Å². The fourth-order valence-corrected chi connectivity index (χ4v) is 0.646. The van der Waals surface area contributed by atoms with Gasteiger partial charge in [-0.3, -0.25) is 0 Å². The van der Waals surface area contributed by atoms with Crippen molar-refractivity contribution in [3.63, 3.8) is 0 Å². The Morgan fingerprint density at radius 3 is 2.70 bits per heavy atom. The van der Waals surface area contributed by atoms with Crippen molar-refractivity contribution in [3.05, 3.63) is 36.4 Å². The summed E-state index contributed by atoms with van der Waals surface area (Å²) in [6.07, 6.45) is 0. The number of nitrogens with zero attached hydrogens (tertiary/aromatic N) is 1. The molecule has 1 nitrogen and oxygen atoms in total. The van der Waals surface area contributed by atoms with Crippen molar-refractivity contribution in [2.45, 2.75) is 6.92 Å². The largest absolute Gasteiger partial charge is 0.220 e. The topological polar surface area (TPSA) is 12.9 Å². The lowest BCUT2D eigenvalue weighted by Crippen LogP contribution is -1.87. The van der Waals surface area contributed by atoms with Gasteiger partial charge in [-0.2, -0.15) is 4.39 Å². The number of pyridine rings is 1. The van der Waals surface area contributed by atoms with Gasteiger partial charge in [0.05, 0.1) is 5.69 Å². The van der Waals surface area contributed by atoms with Crippen LogP contribution in [0.25, 0.3) is 5.57 Å². The summed E-state index contributed by atoms with van der Waals surface area (Å²) in [5, 5.41) is 0. The number of hydrogen-bond donors (Lipinski definition) is 0. The summed E-state index contributed by atoms with van der Waals surface area (Å²) >= 11 is 0. The molecule has 0 aliphatic heterocycles. The number of hydrogen-bond acceptors (Lipinski definition) is 1. The van der Waals surface area contributed by atoms with Crippen LogP contribution in [0.15, 0.2) is 24.8 Å². The van der Waals surface area contributed by atoms with Crippen LogP contribution in [0.3, 0.4) is 0 Å². The molecule has 0 saturated carbocycles. The average molecular weight is 137 g/mol. The first-order valence-corrected chi connectivity index (χ1v) is 2.98. The summed E-state index contributed by atoms with van der Waals surface area (Å²) in [6.45, 7) is 5.43. The van der Waals surface area contributed by atoms with Crippen LogP contribution in [-0.2, 0) is 0 Å². The van der Waals surface area contributed by atoms with Gasteiger partial charge in [0.15, 0.2) is 0 Å². The SMILES string of the molecule is C=C(C)c1cccc(F)n1. The predicted octanol–water partition coefficient (Wildman–Crippen LogP) is 2.25. The monoisotopic (exact) mass is 137 g/mol. The normalized spacial score (nSPS) is 9.40. The van der Waals surface area contributed by atoms with E-state index in [0.717, 1.165) is 5.57 Å². The second kappa shape index (κ2) is 2.60. The Balaban J connectivity index is 3.07. The Hall–Kier alpha value is -1.18. The molecule has 0 amide bonds. The van der Waals surface area contributed by atoms with E-state index in [9.17, 15) is 4.39 Å². The van der Waals surface area contributed by atoms with Gasteiger partial charge in [-0.15, -0.1) is 0 Å². The minimum Gasteiger partial charge on any atom is -0.220 e. The van der Waals surface area contributed by atoms with Gasteiger partial charge in [-0.05, 0) is 24.6 Å². The van der Waals surface area contributed by atoms with Crippen molar-refractivity contribution in [1.29, 1.82) is 0 Å². The molecular formula is C8H8FN. The van der Waals surface area contributed by atoms with Crippen molar-refractivity contribution in [2.24, 2.45) is 0 Å². The maximum atomic E-state index is 12.4. The zero-order valence-corrected chi connectivity index (χ0v) is 5.76. The third-order valence-corrected chi connectivity index (χ3v) is 1.15. The smallest absolute Gasteiger partial charge is 0.213 e. The molecule has 0 radical (unpaired) electrons. The summed E-state index contributed by atoms with van der Waals surface area (Å²) in [4.78, 5) is 3.61. The highest BCUT2D eigenvalue weighted by Crippen LogP contribution is 2.07. The van der Waals surface area contributed by atoms with Gasteiger partial charge in [0.25, 0.3) is 0 Å². The molecule has 1 rings (SSSR count). The van der Waals surface area contributed by atoms with Gasteiger partial charge in [0.1, 0.15) is 0 Å². The molecule has 0 N–H and O–H groups in total. The minimum absolute atomic E-state index is 0.458. The van der Waals surface area contributed by atoms with Crippen LogP contribution < -0.4 is 0 Å². The summed E-state index contributed by atoms with van der Waals surface area (Å²) in [5.74, 6) is -0.458. The summed E-state index contributed by atoms with van der Waals surface area (Å²) in [7, 11) is 0. The van der Waals surface area contributed by atoms with E-state index in [0.29, 0.717) is 5.69 Å². The maximum Gasteiger partial charge on any atom is 0.213 e. The molecule has 0 aromatic carbocycles. The molecule has 1 aromatic heterocycles. The van der Waals surface area contributed by atoms with Crippen molar-refractivity contribution >= 4 is 5.57 Å². The first-order valence-electron chi connectivity index (χ1n) is 2.98. The van der Waals surface area contributed by atoms with E-state index < -0.39 is 5.95 Å². The van der Waals surface area contributed by atoms with Crippen molar-refractivity contribution in [2.75, 3.05) is 0 Å². The van der Waals surface area contributed by atoms with Gasteiger partial charge in [-0.25, -0.2) is 4.98 Å². The third kappa shape index (κ3) is 1.41. The van der Waals surface area contributed by atoms with E-state index in [-0.39, 0.29) is 0 Å². The molecule has 0 aliphatic rings. The van der Waals surface area contributed by atoms with Gasteiger partial charge < -0.3 is 0 Å². The van der Waals surface area contributed by atoms with Gasteiger partial charge >= 0.3 is 0 Å². The minimum atomic E-state index is -0.458. The molecule has 0 fully saturated rings. The average Bonchev–Trinajstić information content (AvgIpc) is 1.88. The molecule has 10 heavy (non-hydrogen) atoms. The maximum absolute atomic E-state index is 12.4. The van der Waals surface area contributed by atoms with Crippen LogP contribution in [0.4, 0.5) is 4.39 Å². The van der Waals surface area contributed by atoms with E-state index in [1.54, 1.807) is 19.1 Å². The highest BCUT2D eigenvalue weighted by molar-refractivity contribution is 5.57. The summed E-state index contributed by atoms with van der Waals surface area (Å²) < 4.78 is 12.4. The van der Waals surface area contributed by atoms with Crippen LogP contribution in [0.2, 0.25) is 0 Å². The van der Waals surface area contributed by atoms with E-state index in [1.807, 2.05) is 0 Å². The van der Waals surface area contributed by atoms with Crippen molar-refractivity contribution in [1.82, 2.24) is 4.98 Å². The fourth-order valence-electron chi connectivity index (χ4n) is 0.646. The number of rotatable bonds is 1.